The summed E-state index contributed by atoms with van der Waals surface area (Å²) in [6, 6.07) is 10.8. The van der Waals surface area contributed by atoms with Crippen molar-refractivity contribution in [2.45, 2.75) is 40.5 Å². The number of carbonyl (C=O) groups excluding carboxylic acids is 2. The quantitative estimate of drug-likeness (QED) is 0.116. The summed E-state index contributed by atoms with van der Waals surface area (Å²) in [6.07, 6.45) is 1.15. The summed E-state index contributed by atoms with van der Waals surface area (Å²) in [5.41, 5.74) is 0.955. The van der Waals surface area contributed by atoms with E-state index < -0.39 is 0 Å². The van der Waals surface area contributed by atoms with Crippen molar-refractivity contribution in [1.29, 1.82) is 0 Å². The van der Waals surface area contributed by atoms with E-state index in [1.54, 1.807) is 24.3 Å². The van der Waals surface area contributed by atoms with E-state index in [1.807, 2.05) is 26.0 Å². The monoisotopic (exact) mass is 703 g/mol. The Bertz CT molecular complexity index is 1160. The minimum absolute atomic E-state index is 0.0329. The fourth-order valence-corrected chi connectivity index (χ4v) is 5.71. The van der Waals surface area contributed by atoms with Crippen molar-refractivity contribution in [2.75, 3.05) is 26.2 Å². The van der Waals surface area contributed by atoms with Crippen LogP contribution in [0.2, 0.25) is 0 Å². The van der Waals surface area contributed by atoms with Crippen LogP contribution in [0.3, 0.4) is 0 Å². The molecular formula is C27H31I2NO5. The molecule has 0 N–H and O–H groups in total. The Morgan fingerprint density at radius 1 is 1.03 bits per heavy atom. The highest BCUT2D eigenvalue weighted by Crippen LogP contribution is 2.37. The number of para-hydroxylation sites is 1. The molecule has 1 aromatic heterocycles. The maximum atomic E-state index is 13.6. The number of fused-ring (bicyclic) bond motifs is 1. The first kappa shape index (κ1) is 27.9. The lowest BCUT2D eigenvalue weighted by molar-refractivity contribution is -0.135. The Kier molecular flexibility index (Phi) is 10.4. The highest BCUT2D eigenvalue weighted by atomic mass is 127. The van der Waals surface area contributed by atoms with Gasteiger partial charge in [-0.25, -0.2) is 0 Å². The van der Waals surface area contributed by atoms with E-state index >= 15 is 0 Å². The molecule has 1 atom stereocenters. The molecule has 3 rings (SSSR count). The molecule has 188 valence electrons. The highest BCUT2D eigenvalue weighted by Gasteiger charge is 2.27. The summed E-state index contributed by atoms with van der Waals surface area (Å²) in [6.45, 7) is 11.6. The lowest BCUT2D eigenvalue weighted by atomic mass is 10.1. The van der Waals surface area contributed by atoms with Gasteiger partial charge in [0.05, 0.1) is 12.5 Å². The molecule has 0 unspecified atom stereocenters. The number of furan rings is 1. The maximum absolute atomic E-state index is 13.6. The minimum Gasteiger partial charge on any atom is -0.490 e. The lowest BCUT2D eigenvalue weighted by Crippen LogP contribution is -2.28. The van der Waals surface area contributed by atoms with Gasteiger partial charge in [-0.2, -0.15) is 0 Å². The van der Waals surface area contributed by atoms with Crippen molar-refractivity contribution in [3.63, 3.8) is 0 Å². The van der Waals surface area contributed by atoms with Gasteiger partial charge < -0.3 is 18.8 Å². The van der Waals surface area contributed by atoms with Gasteiger partial charge in [-0.15, -0.1) is 0 Å². The van der Waals surface area contributed by atoms with E-state index in [2.05, 4.69) is 63.9 Å². The van der Waals surface area contributed by atoms with Gasteiger partial charge in [0.1, 0.15) is 17.9 Å². The molecule has 0 saturated heterocycles. The third-order valence-electron chi connectivity index (χ3n) is 5.99. The van der Waals surface area contributed by atoms with E-state index in [9.17, 15) is 9.59 Å². The Balaban J connectivity index is 1.89. The standard InChI is InChI=1S/C27H31I2NO5/c1-5-17(4)14-23(31)35-25-19-10-8-9-11-22(19)34-27(25)24(32)18-15-20(28)26(21(29)16-18)33-13-12-30(6-2)7-3/h8-11,15-17H,5-7,12-14H2,1-4H3/t17-/m1/s1. The van der Waals surface area contributed by atoms with Crippen LogP contribution in [0.25, 0.3) is 11.0 Å². The second-order valence-corrected chi connectivity index (χ2v) is 10.7. The van der Waals surface area contributed by atoms with Gasteiger partial charge in [0.25, 0.3) is 0 Å². The number of carbonyl (C=O) groups is 2. The van der Waals surface area contributed by atoms with Crippen LogP contribution < -0.4 is 9.47 Å². The molecule has 0 saturated carbocycles. The third kappa shape index (κ3) is 6.97. The van der Waals surface area contributed by atoms with Crippen LogP contribution in [-0.2, 0) is 4.79 Å². The van der Waals surface area contributed by atoms with Crippen LogP contribution in [0, 0.1) is 13.1 Å². The van der Waals surface area contributed by atoms with Crippen molar-refractivity contribution >= 4 is 67.9 Å². The smallest absolute Gasteiger partial charge is 0.311 e. The molecule has 0 fully saturated rings. The van der Waals surface area contributed by atoms with Crippen LogP contribution in [0.4, 0.5) is 0 Å². The minimum atomic E-state index is -0.374. The number of nitrogens with zero attached hydrogens (tertiary/aromatic N) is 1. The normalized spacial score (nSPS) is 12.2. The fraction of sp³-hybridized carbons (Fsp3) is 0.407. The number of hydrogen-bond donors (Lipinski definition) is 0. The molecule has 6 nitrogen and oxygen atoms in total. The van der Waals surface area contributed by atoms with Gasteiger partial charge >= 0.3 is 5.97 Å². The highest BCUT2D eigenvalue weighted by molar-refractivity contribution is 14.1. The van der Waals surface area contributed by atoms with E-state index in [1.165, 1.54) is 0 Å². The van der Waals surface area contributed by atoms with E-state index in [0.717, 1.165) is 38.9 Å². The molecule has 8 heteroatoms. The summed E-state index contributed by atoms with van der Waals surface area (Å²) < 4.78 is 19.3. The van der Waals surface area contributed by atoms with Crippen molar-refractivity contribution < 1.29 is 23.5 Å². The van der Waals surface area contributed by atoms with Crippen molar-refractivity contribution in [3.8, 4) is 11.5 Å². The number of benzene rings is 2. The van der Waals surface area contributed by atoms with Crippen molar-refractivity contribution in [2.24, 2.45) is 5.92 Å². The van der Waals surface area contributed by atoms with Gasteiger partial charge in [-0.1, -0.05) is 46.2 Å². The Hall–Kier alpha value is -1.66. The average Bonchev–Trinajstić information content (AvgIpc) is 3.20. The van der Waals surface area contributed by atoms with E-state index in [0.29, 0.717) is 23.1 Å². The van der Waals surface area contributed by atoms with E-state index in [4.69, 9.17) is 13.9 Å². The van der Waals surface area contributed by atoms with Crippen LogP contribution >= 0.6 is 45.2 Å². The van der Waals surface area contributed by atoms with Gasteiger partial charge in [0, 0.05) is 18.5 Å². The number of ether oxygens (including phenoxy) is 2. The number of rotatable bonds is 12. The van der Waals surface area contributed by atoms with Crippen LogP contribution in [0.1, 0.15) is 56.7 Å². The molecule has 0 aliphatic rings. The first-order valence-electron chi connectivity index (χ1n) is 11.9. The Morgan fingerprint density at radius 3 is 2.31 bits per heavy atom. The maximum Gasteiger partial charge on any atom is 0.311 e. The number of esters is 1. The second kappa shape index (κ2) is 13.0. The molecule has 0 spiro atoms. The molecule has 0 radical (unpaired) electrons. The zero-order valence-corrected chi connectivity index (χ0v) is 24.8. The molecule has 1 heterocycles. The van der Waals surface area contributed by atoms with Crippen LogP contribution in [0.5, 0.6) is 11.5 Å². The summed E-state index contributed by atoms with van der Waals surface area (Å²) in [4.78, 5) is 28.4. The molecule has 2 aromatic carbocycles. The average molecular weight is 703 g/mol. The molecule has 0 amide bonds. The predicted molar refractivity (Wildman–Crippen MR) is 155 cm³/mol. The fourth-order valence-electron chi connectivity index (χ4n) is 3.63. The number of hydrogen-bond acceptors (Lipinski definition) is 6. The zero-order valence-electron chi connectivity index (χ0n) is 20.5. The molecule has 0 aliphatic heterocycles. The zero-order chi connectivity index (χ0) is 25.5. The summed E-state index contributed by atoms with van der Waals surface area (Å²) >= 11 is 4.38. The number of halogens is 2. The molecule has 35 heavy (non-hydrogen) atoms. The number of likely N-dealkylation sites (N-methyl/N-ethyl adjacent to an activating group) is 1. The predicted octanol–water partition coefficient (Wildman–Crippen LogP) is 6.94. The largest absolute Gasteiger partial charge is 0.490 e. The van der Waals surface area contributed by atoms with Gasteiger partial charge in [-0.05, 0) is 88.5 Å². The van der Waals surface area contributed by atoms with Gasteiger partial charge in [-0.3, -0.25) is 9.59 Å². The Labute approximate surface area is 234 Å². The first-order chi connectivity index (χ1) is 16.8. The molecule has 0 aliphatic carbocycles. The summed E-state index contributed by atoms with van der Waals surface area (Å²) in [5.74, 6) is 0.463. The van der Waals surface area contributed by atoms with E-state index in [-0.39, 0.29) is 35.6 Å². The second-order valence-electron chi connectivity index (χ2n) is 8.42. The van der Waals surface area contributed by atoms with Crippen molar-refractivity contribution in [1.82, 2.24) is 4.90 Å². The summed E-state index contributed by atoms with van der Waals surface area (Å²) in [5, 5.41) is 0.606. The van der Waals surface area contributed by atoms with Crippen molar-refractivity contribution in [3.05, 3.63) is 54.9 Å². The van der Waals surface area contributed by atoms with Gasteiger partial charge in [0.15, 0.2) is 5.75 Å². The third-order valence-corrected chi connectivity index (χ3v) is 7.60. The molecule has 3 aromatic rings. The molecular weight excluding hydrogens is 672 g/mol. The lowest BCUT2D eigenvalue weighted by Gasteiger charge is -2.19. The Morgan fingerprint density at radius 2 is 1.69 bits per heavy atom. The SMILES string of the molecule is CC[C@@H](C)CC(=O)Oc1c(C(=O)c2cc(I)c(OCCN(CC)CC)c(I)c2)oc2ccccc12. The number of ketones is 1. The van der Waals surface area contributed by atoms with Crippen LogP contribution in [0.15, 0.2) is 40.8 Å². The van der Waals surface area contributed by atoms with Gasteiger partial charge in [0.2, 0.25) is 11.5 Å². The van der Waals surface area contributed by atoms with Crippen LogP contribution in [-0.4, -0.2) is 42.9 Å². The molecule has 0 bridgehead atoms. The first-order valence-corrected chi connectivity index (χ1v) is 14.1. The topological polar surface area (TPSA) is 69.0 Å². The summed E-state index contributed by atoms with van der Waals surface area (Å²) in [7, 11) is 0.